The third kappa shape index (κ3) is 5.90. The minimum atomic E-state index is 0.334. The van der Waals surface area contributed by atoms with E-state index in [0.717, 1.165) is 60.7 Å². The lowest BCUT2D eigenvalue weighted by atomic mass is 10.0. The molecular weight excluding hydrogens is 394 g/mol. The van der Waals surface area contributed by atoms with Crippen molar-refractivity contribution in [2.45, 2.75) is 32.4 Å². The van der Waals surface area contributed by atoms with Gasteiger partial charge in [0.25, 0.3) is 0 Å². The van der Waals surface area contributed by atoms with Crippen molar-refractivity contribution in [3.63, 3.8) is 0 Å². The molecule has 0 atom stereocenters. The van der Waals surface area contributed by atoms with Gasteiger partial charge in [0.05, 0.1) is 14.2 Å². The van der Waals surface area contributed by atoms with E-state index in [1.165, 1.54) is 0 Å². The van der Waals surface area contributed by atoms with Gasteiger partial charge in [-0.2, -0.15) is 0 Å². The third-order valence-electron chi connectivity index (χ3n) is 5.51. The highest BCUT2D eigenvalue weighted by Crippen LogP contribution is 2.30. The summed E-state index contributed by atoms with van der Waals surface area (Å²) in [5.41, 5.74) is 1.12. The Morgan fingerprint density at radius 3 is 2.42 bits per heavy atom. The standard InChI is InChI=1S/C22H33N7O2/c1-6-9-23-22(24-15-21-27-26-16(2)28(21)3)25-17-7-10-29(11-8-17)18-12-19(30-4)14-20(13-18)31-5/h6,12-14,17H,1,7-11,15H2,2-5H3,(H2,23,24,25). The minimum Gasteiger partial charge on any atom is -0.497 e. The molecule has 1 saturated heterocycles. The van der Waals surface area contributed by atoms with E-state index < -0.39 is 0 Å². The first-order valence-corrected chi connectivity index (χ1v) is 10.5. The van der Waals surface area contributed by atoms with E-state index in [4.69, 9.17) is 14.5 Å². The van der Waals surface area contributed by atoms with E-state index in [0.29, 0.717) is 19.1 Å². The van der Waals surface area contributed by atoms with E-state index in [-0.39, 0.29) is 0 Å². The van der Waals surface area contributed by atoms with Gasteiger partial charge in [-0.15, -0.1) is 16.8 Å². The number of nitrogens with one attached hydrogen (secondary N) is 2. The first-order chi connectivity index (χ1) is 15.0. The maximum absolute atomic E-state index is 5.41. The molecular formula is C22H33N7O2. The van der Waals surface area contributed by atoms with Gasteiger partial charge in [0, 0.05) is 56.6 Å². The van der Waals surface area contributed by atoms with Crippen LogP contribution in [0, 0.1) is 6.92 Å². The fraction of sp³-hybridized carbons (Fsp3) is 0.500. The highest BCUT2D eigenvalue weighted by Gasteiger charge is 2.21. The van der Waals surface area contributed by atoms with Crippen LogP contribution >= 0.6 is 0 Å². The van der Waals surface area contributed by atoms with Crippen molar-refractivity contribution in [2.75, 3.05) is 38.8 Å². The molecule has 3 rings (SSSR count). The highest BCUT2D eigenvalue weighted by molar-refractivity contribution is 5.80. The molecule has 0 spiro atoms. The number of aliphatic imine (C=N–C) groups is 1. The van der Waals surface area contributed by atoms with Gasteiger partial charge in [0.15, 0.2) is 11.8 Å². The molecule has 1 aliphatic heterocycles. The Bertz CT molecular complexity index is 879. The minimum absolute atomic E-state index is 0.334. The van der Waals surface area contributed by atoms with Gasteiger partial charge in [-0.05, 0) is 19.8 Å². The summed E-state index contributed by atoms with van der Waals surface area (Å²) in [5.74, 6) is 4.08. The van der Waals surface area contributed by atoms with E-state index in [1.54, 1.807) is 14.2 Å². The number of methoxy groups -OCH3 is 2. The summed E-state index contributed by atoms with van der Waals surface area (Å²) in [5, 5.41) is 15.2. The number of benzene rings is 1. The first-order valence-electron chi connectivity index (χ1n) is 10.5. The molecule has 1 aliphatic rings. The largest absolute Gasteiger partial charge is 0.497 e. The van der Waals surface area contributed by atoms with Crippen molar-refractivity contribution in [2.24, 2.45) is 12.0 Å². The molecule has 31 heavy (non-hydrogen) atoms. The van der Waals surface area contributed by atoms with Crippen LogP contribution in [0.1, 0.15) is 24.5 Å². The summed E-state index contributed by atoms with van der Waals surface area (Å²) in [6.07, 6.45) is 3.82. The SMILES string of the molecule is C=CCNC(=NCc1nnc(C)n1C)NC1CCN(c2cc(OC)cc(OC)c2)CC1. The van der Waals surface area contributed by atoms with Gasteiger partial charge in [0.1, 0.15) is 23.9 Å². The second kappa shape index (κ2) is 10.7. The van der Waals surface area contributed by atoms with Crippen molar-refractivity contribution >= 4 is 11.6 Å². The van der Waals surface area contributed by atoms with Crippen molar-refractivity contribution < 1.29 is 9.47 Å². The van der Waals surface area contributed by atoms with E-state index >= 15 is 0 Å². The summed E-state index contributed by atoms with van der Waals surface area (Å²) < 4.78 is 12.8. The number of hydrogen-bond donors (Lipinski definition) is 2. The zero-order valence-electron chi connectivity index (χ0n) is 18.9. The topological polar surface area (TPSA) is 88.8 Å². The van der Waals surface area contributed by atoms with Crippen LogP contribution in [0.15, 0.2) is 35.8 Å². The quantitative estimate of drug-likeness (QED) is 0.379. The van der Waals surface area contributed by atoms with Crippen LogP contribution in [-0.2, 0) is 13.6 Å². The Labute approximate surface area is 184 Å². The molecule has 9 heteroatoms. The van der Waals surface area contributed by atoms with Crippen LogP contribution in [-0.4, -0.2) is 60.6 Å². The summed E-state index contributed by atoms with van der Waals surface area (Å²) in [7, 11) is 5.30. The van der Waals surface area contributed by atoms with Crippen molar-refractivity contribution in [1.82, 2.24) is 25.4 Å². The van der Waals surface area contributed by atoms with Crippen LogP contribution in [0.25, 0.3) is 0 Å². The molecule has 0 unspecified atom stereocenters. The maximum atomic E-state index is 5.41. The number of nitrogens with zero attached hydrogens (tertiary/aromatic N) is 5. The molecule has 0 radical (unpaired) electrons. The number of anilines is 1. The van der Waals surface area contributed by atoms with Crippen LogP contribution in [0.3, 0.4) is 0 Å². The number of aromatic nitrogens is 3. The number of guanidine groups is 1. The smallest absolute Gasteiger partial charge is 0.192 e. The molecule has 2 aromatic rings. The van der Waals surface area contributed by atoms with Gasteiger partial charge in [-0.3, -0.25) is 0 Å². The predicted molar refractivity (Wildman–Crippen MR) is 123 cm³/mol. The molecule has 1 aromatic carbocycles. The molecule has 0 saturated carbocycles. The Morgan fingerprint density at radius 1 is 1.19 bits per heavy atom. The van der Waals surface area contributed by atoms with E-state index in [1.807, 2.05) is 30.7 Å². The summed E-state index contributed by atoms with van der Waals surface area (Å²) in [4.78, 5) is 7.06. The Hall–Kier alpha value is -3.23. The molecule has 168 valence electrons. The van der Waals surface area contributed by atoms with Crippen molar-refractivity contribution in [1.29, 1.82) is 0 Å². The molecule has 0 bridgehead atoms. The molecule has 1 fully saturated rings. The average molecular weight is 428 g/mol. The lowest BCUT2D eigenvalue weighted by Crippen LogP contribution is -2.48. The zero-order chi connectivity index (χ0) is 22.2. The maximum Gasteiger partial charge on any atom is 0.192 e. The average Bonchev–Trinajstić information content (AvgIpc) is 3.13. The number of aryl methyl sites for hydroxylation is 1. The fourth-order valence-electron chi connectivity index (χ4n) is 3.51. The second-order valence-corrected chi connectivity index (χ2v) is 7.53. The van der Waals surface area contributed by atoms with Crippen LogP contribution in [0.4, 0.5) is 5.69 Å². The van der Waals surface area contributed by atoms with Crippen molar-refractivity contribution in [3.8, 4) is 11.5 Å². The first kappa shape index (κ1) is 22.5. The number of piperidine rings is 1. The molecule has 0 aliphatic carbocycles. The molecule has 2 N–H and O–H groups in total. The van der Waals surface area contributed by atoms with Crippen molar-refractivity contribution in [3.05, 3.63) is 42.5 Å². The molecule has 0 amide bonds. The lowest BCUT2D eigenvalue weighted by Gasteiger charge is -2.34. The Kier molecular flexibility index (Phi) is 7.75. The van der Waals surface area contributed by atoms with Crippen LogP contribution < -0.4 is 25.0 Å². The summed E-state index contributed by atoms with van der Waals surface area (Å²) in [6.45, 7) is 8.70. The van der Waals surface area contributed by atoms with Gasteiger partial charge in [-0.1, -0.05) is 6.08 Å². The summed E-state index contributed by atoms with van der Waals surface area (Å²) >= 11 is 0. The van der Waals surface area contributed by atoms with E-state index in [9.17, 15) is 0 Å². The third-order valence-corrected chi connectivity index (χ3v) is 5.51. The van der Waals surface area contributed by atoms with Gasteiger partial charge >= 0.3 is 0 Å². The number of ether oxygens (including phenoxy) is 2. The van der Waals surface area contributed by atoms with Crippen LogP contribution in [0.2, 0.25) is 0 Å². The normalized spacial score (nSPS) is 15.0. The highest BCUT2D eigenvalue weighted by atomic mass is 16.5. The van der Waals surface area contributed by atoms with Crippen LogP contribution in [0.5, 0.6) is 11.5 Å². The second-order valence-electron chi connectivity index (χ2n) is 7.53. The summed E-state index contributed by atoms with van der Waals surface area (Å²) in [6, 6.07) is 6.33. The number of rotatable bonds is 8. The van der Waals surface area contributed by atoms with E-state index in [2.05, 4.69) is 44.4 Å². The Morgan fingerprint density at radius 2 is 1.87 bits per heavy atom. The molecule has 2 heterocycles. The Balaban J connectivity index is 1.61. The zero-order valence-corrected chi connectivity index (χ0v) is 18.9. The van der Waals surface area contributed by atoms with Gasteiger partial charge < -0.3 is 29.6 Å². The van der Waals surface area contributed by atoms with Gasteiger partial charge in [-0.25, -0.2) is 4.99 Å². The predicted octanol–water partition coefficient (Wildman–Crippen LogP) is 2.03. The molecule has 1 aromatic heterocycles. The number of hydrogen-bond acceptors (Lipinski definition) is 6. The fourth-order valence-corrected chi connectivity index (χ4v) is 3.51. The molecule has 9 nitrogen and oxygen atoms in total. The monoisotopic (exact) mass is 427 g/mol. The van der Waals surface area contributed by atoms with Gasteiger partial charge in [0.2, 0.25) is 0 Å². The lowest BCUT2D eigenvalue weighted by molar-refractivity contribution is 0.393.